The van der Waals surface area contributed by atoms with E-state index in [1.165, 1.54) is 24.3 Å². The van der Waals surface area contributed by atoms with Crippen molar-refractivity contribution >= 4 is 17.1 Å². The van der Waals surface area contributed by atoms with Gasteiger partial charge in [-0.15, -0.1) is 11.3 Å². The van der Waals surface area contributed by atoms with Crippen molar-refractivity contribution in [2.75, 3.05) is 0 Å². The van der Waals surface area contributed by atoms with Crippen LogP contribution in [0.5, 0.6) is 0 Å². The maximum Gasteiger partial charge on any atom is 0.188 e. The van der Waals surface area contributed by atoms with E-state index in [2.05, 4.69) is 4.98 Å². The number of halogens is 2. The van der Waals surface area contributed by atoms with E-state index in [9.17, 15) is 13.6 Å². The minimum Gasteiger partial charge on any atom is -0.292 e. The fourth-order valence-corrected chi connectivity index (χ4v) is 2.29. The number of hydrogen-bond acceptors (Lipinski definition) is 3. The van der Waals surface area contributed by atoms with Gasteiger partial charge in [-0.3, -0.25) is 4.79 Å². The van der Waals surface area contributed by atoms with Gasteiger partial charge in [-0.1, -0.05) is 0 Å². The smallest absolute Gasteiger partial charge is 0.188 e. The maximum absolute atomic E-state index is 13.1. The number of carbonyl (C=O) groups excluding carboxylic acids is 1. The van der Waals surface area contributed by atoms with Crippen molar-refractivity contribution in [3.63, 3.8) is 0 Å². The molecule has 2 aromatic rings. The zero-order chi connectivity index (χ0) is 12.6. The minimum absolute atomic E-state index is 0.132. The fourth-order valence-electron chi connectivity index (χ4n) is 1.46. The summed E-state index contributed by atoms with van der Waals surface area (Å²) in [5.41, 5.74) is 1.00. The lowest BCUT2D eigenvalue weighted by Gasteiger charge is -1.99. The quantitative estimate of drug-likeness (QED) is 0.765. The number of ketones is 1. The van der Waals surface area contributed by atoms with Crippen molar-refractivity contribution in [2.24, 2.45) is 0 Å². The molecule has 0 N–H and O–H groups in total. The summed E-state index contributed by atoms with van der Waals surface area (Å²) in [6.45, 7) is 3.22. The first-order chi connectivity index (χ1) is 7.99. The molecule has 1 heterocycles. The van der Waals surface area contributed by atoms with Crippen LogP contribution in [0.4, 0.5) is 8.78 Å². The summed E-state index contributed by atoms with van der Waals surface area (Å²) >= 11 is 1.25. The van der Waals surface area contributed by atoms with Crippen LogP contribution >= 0.6 is 11.3 Å². The van der Waals surface area contributed by atoms with Crippen LogP contribution in [0.3, 0.4) is 0 Å². The van der Waals surface area contributed by atoms with E-state index in [4.69, 9.17) is 0 Å². The van der Waals surface area contributed by atoms with E-state index >= 15 is 0 Å². The number of aromatic nitrogens is 1. The van der Waals surface area contributed by atoms with Gasteiger partial charge < -0.3 is 0 Å². The minimum atomic E-state index is -0.917. The molecule has 0 radical (unpaired) electrons. The molecule has 1 aromatic carbocycles. The standard InChI is InChI=1S/C12H9F2NOS/c1-6(16)12-15-11(7(2)17-12)8-3-4-9(13)10(14)5-8/h3-5H,1-2H3. The number of thiazole rings is 1. The molecule has 1 aromatic heterocycles. The third kappa shape index (κ3) is 2.24. The summed E-state index contributed by atoms with van der Waals surface area (Å²) in [5, 5.41) is 0.377. The lowest BCUT2D eigenvalue weighted by atomic mass is 10.1. The van der Waals surface area contributed by atoms with Crippen molar-refractivity contribution in [2.45, 2.75) is 13.8 Å². The average Bonchev–Trinajstić information content (AvgIpc) is 2.65. The van der Waals surface area contributed by atoms with Gasteiger partial charge in [0.1, 0.15) is 0 Å². The van der Waals surface area contributed by atoms with Crippen LogP contribution < -0.4 is 0 Å². The molecule has 0 spiro atoms. The first-order valence-corrected chi connectivity index (χ1v) is 5.74. The lowest BCUT2D eigenvalue weighted by Crippen LogP contribution is -1.91. The van der Waals surface area contributed by atoms with Gasteiger partial charge in [-0.2, -0.15) is 0 Å². The summed E-state index contributed by atoms with van der Waals surface area (Å²) in [7, 11) is 0. The molecule has 0 amide bonds. The van der Waals surface area contributed by atoms with Gasteiger partial charge in [0.25, 0.3) is 0 Å². The van der Waals surface area contributed by atoms with E-state index in [0.717, 1.165) is 17.0 Å². The number of aryl methyl sites for hydroxylation is 1. The van der Waals surface area contributed by atoms with E-state index in [1.807, 2.05) is 0 Å². The SMILES string of the molecule is CC(=O)c1nc(-c2ccc(F)c(F)c2)c(C)s1. The summed E-state index contributed by atoms with van der Waals surface area (Å²) in [4.78, 5) is 16.1. The highest BCUT2D eigenvalue weighted by molar-refractivity contribution is 7.14. The highest BCUT2D eigenvalue weighted by Gasteiger charge is 2.14. The van der Waals surface area contributed by atoms with Crippen molar-refractivity contribution in [3.8, 4) is 11.3 Å². The zero-order valence-electron chi connectivity index (χ0n) is 9.25. The third-order valence-corrected chi connectivity index (χ3v) is 3.36. The highest BCUT2D eigenvalue weighted by atomic mass is 32.1. The van der Waals surface area contributed by atoms with Crippen molar-refractivity contribution in [1.29, 1.82) is 0 Å². The molecule has 0 aliphatic carbocycles. The Kier molecular flexibility index (Phi) is 3.02. The molecule has 0 aliphatic rings. The van der Waals surface area contributed by atoms with E-state index in [1.54, 1.807) is 6.92 Å². The third-order valence-electron chi connectivity index (χ3n) is 2.29. The number of nitrogens with zero attached hydrogens (tertiary/aromatic N) is 1. The summed E-state index contributed by atoms with van der Waals surface area (Å²) in [6.07, 6.45) is 0. The zero-order valence-corrected chi connectivity index (χ0v) is 10.1. The Labute approximate surface area is 101 Å². The van der Waals surface area contributed by atoms with Gasteiger partial charge in [-0.05, 0) is 25.1 Å². The van der Waals surface area contributed by atoms with E-state index in [-0.39, 0.29) is 5.78 Å². The molecule has 2 nitrogen and oxygen atoms in total. The van der Waals surface area contributed by atoms with Gasteiger partial charge in [0.15, 0.2) is 22.4 Å². The number of hydrogen-bond donors (Lipinski definition) is 0. The molecule has 17 heavy (non-hydrogen) atoms. The monoisotopic (exact) mass is 253 g/mol. The molecule has 0 aliphatic heterocycles. The Morgan fingerprint density at radius 2 is 2.00 bits per heavy atom. The van der Waals surface area contributed by atoms with Crippen molar-refractivity contribution in [1.82, 2.24) is 4.98 Å². The van der Waals surface area contributed by atoms with Crippen LogP contribution in [0.25, 0.3) is 11.3 Å². The van der Waals surface area contributed by atoms with Crippen LogP contribution in [0.15, 0.2) is 18.2 Å². The first kappa shape index (κ1) is 11.9. The van der Waals surface area contributed by atoms with Crippen LogP contribution in [0.2, 0.25) is 0 Å². The highest BCUT2D eigenvalue weighted by Crippen LogP contribution is 2.28. The second-order valence-corrected chi connectivity index (χ2v) is 4.81. The molecule has 0 fully saturated rings. The van der Waals surface area contributed by atoms with E-state index in [0.29, 0.717) is 16.3 Å². The fraction of sp³-hybridized carbons (Fsp3) is 0.167. The van der Waals surface area contributed by atoms with Crippen LogP contribution in [0.1, 0.15) is 21.6 Å². The van der Waals surface area contributed by atoms with Crippen LogP contribution in [-0.2, 0) is 0 Å². The predicted octanol–water partition coefficient (Wildman–Crippen LogP) is 3.60. The molecule has 88 valence electrons. The van der Waals surface area contributed by atoms with Crippen molar-refractivity contribution in [3.05, 3.63) is 39.7 Å². The Morgan fingerprint density at radius 1 is 1.29 bits per heavy atom. The maximum atomic E-state index is 13.1. The Hall–Kier alpha value is -1.62. The molecule has 5 heteroatoms. The topological polar surface area (TPSA) is 30.0 Å². The van der Waals surface area contributed by atoms with Gasteiger partial charge in [0, 0.05) is 17.4 Å². The average molecular weight is 253 g/mol. The Bertz CT molecular complexity index is 592. The molecule has 0 unspecified atom stereocenters. The van der Waals surface area contributed by atoms with Crippen LogP contribution in [-0.4, -0.2) is 10.8 Å². The predicted molar refractivity (Wildman–Crippen MR) is 62.2 cm³/mol. The number of Topliss-reactive ketones (excluding diaryl/α,β-unsaturated/α-hetero) is 1. The molecular formula is C12H9F2NOS. The molecule has 0 saturated carbocycles. The first-order valence-electron chi connectivity index (χ1n) is 4.93. The molecule has 0 bridgehead atoms. The van der Waals surface area contributed by atoms with Gasteiger partial charge in [-0.25, -0.2) is 13.8 Å². The van der Waals surface area contributed by atoms with Gasteiger partial charge in [0.05, 0.1) is 5.69 Å². The Morgan fingerprint density at radius 3 is 2.53 bits per heavy atom. The number of benzene rings is 1. The normalized spacial score (nSPS) is 10.6. The second-order valence-electron chi connectivity index (χ2n) is 3.61. The van der Waals surface area contributed by atoms with E-state index < -0.39 is 11.6 Å². The molecule has 0 saturated heterocycles. The van der Waals surface area contributed by atoms with Gasteiger partial charge >= 0.3 is 0 Å². The summed E-state index contributed by atoms with van der Waals surface area (Å²) in [6, 6.07) is 3.59. The van der Waals surface area contributed by atoms with Crippen LogP contribution in [0, 0.1) is 18.6 Å². The van der Waals surface area contributed by atoms with Gasteiger partial charge in [0.2, 0.25) is 0 Å². The summed E-state index contributed by atoms with van der Waals surface area (Å²) in [5.74, 6) is -1.94. The molecule has 2 rings (SSSR count). The summed E-state index contributed by atoms with van der Waals surface area (Å²) < 4.78 is 25.9. The van der Waals surface area contributed by atoms with Crippen molar-refractivity contribution < 1.29 is 13.6 Å². The molecule has 0 atom stereocenters. The number of rotatable bonds is 2. The second kappa shape index (κ2) is 4.33. The Balaban J connectivity index is 2.52. The lowest BCUT2D eigenvalue weighted by molar-refractivity contribution is 0.101. The molecular weight excluding hydrogens is 244 g/mol. The largest absolute Gasteiger partial charge is 0.292 e. The number of carbonyl (C=O) groups is 1.